The van der Waals surface area contributed by atoms with Crippen molar-refractivity contribution < 1.29 is 9.90 Å². The number of fused-ring (bicyclic) bond motifs is 1. The molecule has 2 heterocycles. The molecule has 0 aromatic carbocycles. The van der Waals surface area contributed by atoms with Gasteiger partial charge in [0.15, 0.2) is 4.77 Å². The van der Waals surface area contributed by atoms with Crippen molar-refractivity contribution in [3.8, 4) is 0 Å². The van der Waals surface area contributed by atoms with E-state index in [0.29, 0.717) is 15.1 Å². The fraction of sp³-hybridized carbons (Fsp3) is 0. The standard InChI is InChI=1S/C6H3N3O2S2/c10-5(11)4-8-2-1-7-6(12)9-3(2)13-4/h1H,(H,10,11)(H,7,9,12). The fourth-order valence-electron chi connectivity index (χ4n) is 0.850. The van der Waals surface area contributed by atoms with Crippen molar-refractivity contribution in [1.29, 1.82) is 0 Å². The summed E-state index contributed by atoms with van der Waals surface area (Å²) in [5.41, 5.74) is 0.524. The number of H-pyrrole nitrogens is 1. The second kappa shape index (κ2) is 2.86. The molecule has 0 spiro atoms. The number of rotatable bonds is 1. The van der Waals surface area contributed by atoms with E-state index in [1.807, 2.05) is 0 Å². The molecule has 0 fully saturated rings. The summed E-state index contributed by atoms with van der Waals surface area (Å²) in [7, 11) is 0. The van der Waals surface area contributed by atoms with Gasteiger partial charge in [-0.05, 0) is 12.2 Å². The number of thiazole rings is 1. The van der Waals surface area contributed by atoms with Crippen molar-refractivity contribution in [2.75, 3.05) is 0 Å². The third kappa shape index (κ3) is 1.43. The molecule has 0 saturated heterocycles. The number of carboxylic acid groups (broad SMARTS) is 1. The zero-order valence-electron chi connectivity index (χ0n) is 6.14. The molecular formula is C6H3N3O2S2. The van der Waals surface area contributed by atoms with Crippen LogP contribution in [0, 0.1) is 4.77 Å². The number of nitrogens with one attached hydrogen (secondary N) is 1. The van der Waals surface area contributed by atoms with E-state index in [4.69, 9.17) is 17.3 Å². The molecule has 2 aromatic heterocycles. The average Bonchev–Trinajstić information content (AvgIpc) is 2.46. The molecule has 66 valence electrons. The zero-order chi connectivity index (χ0) is 9.42. The summed E-state index contributed by atoms with van der Waals surface area (Å²) >= 11 is 5.83. The van der Waals surface area contributed by atoms with E-state index >= 15 is 0 Å². The van der Waals surface area contributed by atoms with Crippen LogP contribution >= 0.6 is 23.6 Å². The predicted molar refractivity (Wildman–Crippen MR) is 49.6 cm³/mol. The second-order valence-corrected chi connectivity index (χ2v) is 3.61. The van der Waals surface area contributed by atoms with E-state index in [-0.39, 0.29) is 5.01 Å². The Balaban J connectivity index is 2.75. The number of aromatic carboxylic acids is 1. The number of aromatic nitrogens is 3. The molecule has 2 N–H and O–H groups in total. The van der Waals surface area contributed by atoms with Gasteiger partial charge in [0.05, 0.1) is 6.20 Å². The molecule has 0 aliphatic carbocycles. The maximum atomic E-state index is 10.5. The third-order valence-electron chi connectivity index (χ3n) is 1.36. The summed E-state index contributed by atoms with van der Waals surface area (Å²) in [5.74, 6) is -1.04. The smallest absolute Gasteiger partial charge is 0.365 e. The predicted octanol–water partition coefficient (Wildman–Crippen LogP) is 1.45. The van der Waals surface area contributed by atoms with E-state index in [1.165, 1.54) is 6.20 Å². The normalized spacial score (nSPS) is 10.5. The first-order valence-electron chi connectivity index (χ1n) is 3.26. The van der Waals surface area contributed by atoms with Crippen molar-refractivity contribution in [3.05, 3.63) is 16.0 Å². The SMILES string of the molecule is O=C(O)c1nc2cnc(=S)[nH]c2s1. The van der Waals surface area contributed by atoms with Gasteiger partial charge in [0, 0.05) is 0 Å². The molecule has 2 aromatic rings. The number of carboxylic acids is 1. The topological polar surface area (TPSA) is 78.9 Å². The first-order valence-corrected chi connectivity index (χ1v) is 4.48. The molecule has 0 aliphatic heterocycles. The van der Waals surface area contributed by atoms with Gasteiger partial charge < -0.3 is 10.1 Å². The van der Waals surface area contributed by atoms with Crippen LogP contribution in [0.1, 0.15) is 9.80 Å². The molecular weight excluding hydrogens is 210 g/mol. The summed E-state index contributed by atoms with van der Waals surface area (Å²) < 4.78 is 0.327. The van der Waals surface area contributed by atoms with Gasteiger partial charge >= 0.3 is 5.97 Å². The lowest BCUT2D eigenvalue weighted by atomic mass is 10.6. The average molecular weight is 213 g/mol. The third-order valence-corrected chi connectivity index (χ3v) is 2.54. The van der Waals surface area contributed by atoms with E-state index in [2.05, 4.69) is 15.0 Å². The highest BCUT2D eigenvalue weighted by atomic mass is 32.1. The lowest BCUT2D eigenvalue weighted by molar-refractivity contribution is 0.0696. The monoisotopic (exact) mass is 213 g/mol. The lowest BCUT2D eigenvalue weighted by Gasteiger charge is -1.83. The fourth-order valence-corrected chi connectivity index (χ4v) is 1.84. The highest BCUT2D eigenvalue weighted by molar-refractivity contribution is 7.71. The van der Waals surface area contributed by atoms with Crippen molar-refractivity contribution in [2.45, 2.75) is 0 Å². The molecule has 0 radical (unpaired) electrons. The van der Waals surface area contributed by atoms with Crippen LogP contribution in [0.2, 0.25) is 0 Å². The Kier molecular flexibility index (Phi) is 1.82. The molecule has 0 unspecified atom stereocenters. The Morgan fingerprint density at radius 2 is 2.46 bits per heavy atom. The summed E-state index contributed by atoms with van der Waals surface area (Å²) in [6.07, 6.45) is 1.46. The molecule has 0 bridgehead atoms. The van der Waals surface area contributed by atoms with E-state index in [9.17, 15) is 4.79 Å². The van der Waals surface area contributed by atoms with E-state index < -0.39 is 5.97 Å². The van der Waals surface area contributed by atoms with Crippen molar-refractivity contribution in [2.24, 2.45) is 0 Å². The maximum absolute atomic E-state index is 10.5. The minimum absolute atomic E-state index is 0.0358. The number of hydrogen-bond acceptors (Lipinski definition) is 5. The van der Waals surface area contributed by atoms with Crippen LogP contribution in [0.15, 0.2) is 6.20 Å². The Bertz CT molecular complexity index is 530. The minimum Gasteiger partial charge on any atom is -0.476 e. The maximum Gasteiger partial charge on any atom is 0.365 e. The van der Waals surface area contributed by atoms with Gasteiger partial charge in [0.2, 0.25) is 5.01 Å². The van der Waals surface area contributed by atoms with Crippen molar-refractivity contribution >= 4 is 39.9 Å². The number of aromatic amines is 1. The Labute approximate surface area is 81.1 Å². The minimum atomic E-state index is -1.04. The van der Waals surface area contributed by atoms with Gasteiger partial charge in [-0.1, -0.05) is 11.3 Å². The molecule has 5 nitrogen and oxygen atoms in total. The molecule has 0 saturated carbocycles. The van der Waals surface area contributed by atoms with Crippen LogP contribution < -0.4 is 0 Å². The molecule has 0 aliphatic rings. The van der Waals surface area contributed by atoms with Gasteiger partial charge in [-0.3, -0.25) is 0 Å². The number of nitrogens with zero attached hydrogens (tertiary/aromatic N) is 2. The van der Waals surface area contributed by atoms with Gasteiger partial charge in [-0.25, -0.2) is 14.8 Å². The van der Waals surface area contributed by atoms with Gasteiger partial charge in [0.25, 0.3) is 0 Å². The summed E-state index contributed by atoms with van der Waals surface area (Å²) in [6.45, 7) is 0. The van der Waals surface area contributed by atoms with Crippen LogP contribution in [0.25, 0.3) is 10.3 Å². The molecule has 0 atom stereocenters. The van der Waals surface area contributed by atoms with Crippen LogP contribution in [-0.4, -0.2) is 26.0 Å². The second-order valence-electron chi connectivity index (χ2n) is 2.23. The van der Waals surface area contributed by atoms with Gasteiger partial charge in [0.1, 0.15) is 10.3 Å². The molecule has 0 amide bonds. The summed E-state index contributed by atoms with van der Waals surface area (Å²) in [4.78, 5) is 21.6. The van der Waals surface area contributed by atoms with E-state index in [1.54, 1.807) is 0 Å². The van der Waals surface area contributed by atoms with Gasteiger partial charge in [-0.2, -0.15) is 0 Å². The summed E-state index contributed by atoms with van der Waals surface area (Å²) in [5, 5.41) is 8.68. The van der Waals surface area contributed by atoms with Crippen LogP contribution in [0.3, 0.4) is 0 Å². The number of carbonyl (C=O) groups is 1. The quantitative estimate of drug-likeness (QED) is 0.701. The van der Waals surface area contributed by atoms with E-state index in [0.717, 1.165) is 11.3 Å². The highest BCUT2D eigenvalue weighted by Gasteiger charge is 2.10. The molecule has 13 heavy (non-hydrogen) atoms. The Hall–Kier alpha value is -1.34. The molecule has 2 rings (SSSR count). The van der Waals surface area contributed by atoms with Crippen molar-refractivity contribution in [3.63, 3.8) is 0 Å². The first kappa shape index (κ1) is 8.27. The highest BCUT2D eigenvalue weighted by Crippen LogP contribution is 2.18. The van der Waals surface area contributed by atoms with Gasteiger partial charge in [-0.15, -0.1) is 0 Å². The number of hydrogen-bond donors (Lipinski definition) is 2. The first-order chi connectivity index (χ1) is 6.16. The Morgan fingerprint density at radius 1 is 1.69 bits per heavy atom. The van der Waals surface area contributed by atoms with Crippen LogP contribution in [0.4, 0.5) is 0 Å². The summed E-state index contributed by atoms with van der Waals surface area (Å²) in [6, 6.07) is 0. The van der Waals surface area contributed by atoms with Crippen LogP contribution in [-0.2, 0) is 0 Å². The zero-order valence-corrected chi connectivity index (χ0v) is 7.78. The van der Waals surface area contributed by atoms with Crippen molar-refractivity contribution in [1.82, 2.24) is 15.0 Å². The molecule has 7 heteroatoms. The Morgan fingerprint density at radius 3 is 3.15 bits per heavy atom. The lowest BCUT2D eigenvalue weighted by Crippen LogP contribution is -1.93. The van der Waals surface area contributed by atoms with Crippen LogP contribution in [0.5, 0.6) is 0 Å². The largest absolute Gasteiger partial charge is 0.476 e.